The highest BCUT2D eigenvalue weighted by atomic mass is 35.5. The van der Waals surface area contributed by atoms with E-state index >= 15 is 0 Å². The first-order valence-corrected chi connectivity index (χ1v) is 12.0. The van der Waals surface area contributed by atoms with E-state index in [4.69, 9.17) is 11.6 Å². The fraction of sp³-hybridized carbons (Fsp3) is 0.172. The molecule has 0 aliphatic rings. The van der Waals surface area contributed by atoms with Gasteiger partial charge in [-0.15, -0.1) is 0 Å². The summed E-state index contributed by atoms with van der Waals surface area (Å²) in [5.74, 6) is -0.472. The predicted octanol–water partition coefficient (Wildman–Crippen LogP) is 6.37. The van der Waals surface area contributed by atoms with Crippen molar-refractivity contribution in [1.82, 2.24) is 10.3 Å². The third-order valence-electron chi connectivity index (χ3n) is 5.81. The Hall–Kier alpha value is -3.67. The fourth-order valence-electron chi connectivity index (χ4n) is 4.12. The molecule has 4 rings (SSSR count). The molecule has 6 heteroatoms. The molecule has 0 fully saturated rings. The van der Waals surface area contributed by atoms with Crippen LogP contribution in [0.5, 0.6) is 5.75 Å². The van der Waals surface area contributed by atoms with Crippen molar-refractivity contribution in [2.24, 2.45) is 5.10 Å². The fourth-order valence-corrected chi connectivity index (χ4v) is 4.30. The molecule has 4 aromatic carbocycles. The highest BCUT2D eigenvalue weighted by Crippen LogP contribution is 2.25. The number of hydrogen-bond donors (Lipinski definition) is 2. The summed E-state index contributed by atoms with van der Waals surface area (Å²) in [6.45, 7) is 4.97. The van der Waals surface area contributed by atoms with E-state index in [9.17, 15) is 9.90 Å². The lowest BCUT2D eigenvalue weighted by atomic mass is 9.99. The molecule has 0 aliphatic carbocycles. The number of halogens is 1. The maximum absolute atomic E-state index is 12.4. The van der Waals surface area contributed by atoms with Gasteiger partial charge in [0.2, 0.25) is 0 Å². The number of benzene rings is 4. The second kappa shape index (κ2) is 11.6. The minimum absolute atomic E-state index is 0.0699. The average Bonchev–Trinajstić information content (AvgIpc) is 2.87. The Bertz CT molecular complexity index is 1340. The van der Waals surface area contributed by atoms with Gasteiger partial charge in [0, 0.05) is 24.2 Å². The summed E-state index contributed by atoms with van der Waals surface area (Å²) in [5.41, 5.74) is 6.33. The van der Waals surface area contributed by atoms with Crippen molar-refractivity contribution in [2.75, 3.05) is 6.54 Å². The summed E-state index contributed by atoms with van der Waals surface area (Å²) in [5, 5.41) is 16.1. The Kier molecular flexibility index (Phi) is 8.14. The highest BCUT2D eigenvalue weighted by Gasteiger charge is 2.11. The van der Waals surface area contributed by atoms with Crippen LogP contribution in [0.15, 0.2) is 90.0 Å². The van der Waals surface area contributed by atoms with Crippen LogP contribution in [-0.2, 0) is 13.1 Å². The Morgan fingerprint density at radius 1 is 0.971 bits per heavy atom. The summed E-state index contributed by atoms with van der Waals surface area (Å²) in [7, 11) is 0. The number of carbonyl (C=O) groups excluding carboxylic acids is 1. The smallest absolute Gasteiger partial charge is 0.271 e. The molecule has 178 valence electrons. The standard InChI is InChI=1S/C29H28ClN3O2/c1-2-16-33(19-21-8-4-3-5-9-21)20-24-13-12-23(25-10-6-7-11-26(24)25)18-31-32-29(35)22-14-15-28(34)27(30)17-22/h3-15,17-18,34H,2,16,19-20H2,1H3,(H,32,35)/b31-18+. The number of fused-ring (bicyclic) bond motifs is 1. The molecule has 5 nitrogen and oxygen atoms in total. The summed E-state index contributed by atoms with van der Waals surface area (Å²) in [6, 6.07) is 27.3. The lowest BCUT2D eigenvalue weighted by Gasteiger charge is -2.23. The zero-order chi connectivity index (χ0) is 24.6. The van der Waals surface area contributed by atoms with Crippen molar-refractivity contribution < 1.29 is 9.90 Å². The molecule has 0 radical (unpaired) electrons. The zero-order valence-electron chi connectivity index (χ0n) is 19.6. The lowest BCUT2D eigenvalue weighted by Crippen LogP contribution is -2.23. The number of amides is 1. The van der Waals surface area contributed by atoms with Crippen LogP contribution in [0.2, 0.25) is 5.02 Å². The molecular formula is C29H28ClN3O2. The van der Waals surface area contributed by atoms with E-state index in [0.29, 0.717) is 5.56 Å². The highest BCUT2D eigenvalue weighted by molar-refractivity contribution is 6.32. The van der Waals surface area contributed by atoms with Crippen LogP contribution in [0.1, 0.15) is 40.4 Å². The molecule has 0 unspecified atom stereocenters. The van der Waals surface area contributed by atoms with Crippen LogP contribution < -0.4 is 5.43 Å². The molecule has 0 spiro atoms. The van der Waals surface area contributed by atoms with Crippen molar-refractivity contribution in [3.8, 4) is 5.75 Å². The second-order valence-corrected chi connectivity index (χ2v) is 8.83. The van der Waals surface area contributed by atoms with Gasteiger partial charge in [0.15, 0.2) is 0 Å². The van der Waals surface area contributed by atoms with E-state index in [1.54, 1.807) is 6.21 Å². The van der Waals surface area contributed by atoms with Gasteiger partial charge in [0.1, 0.15) is 5.75 Å². The normalized spacial score (nSPS) is 11.4. The largest absolute Gasteiger partial charge is 0.506 e. The van der Waals surface area contributed by atoms with Crippen molar-refractivity contribution in [1.29, 1.82) is 0 Å². The predicted molar refractivity (Wildman–Crippen MR) is 143 cm³/mol. The van der Waals surface area contributed by atoms with Crippen molar-refractivity contribution >= 4 is 34.5 Å². The molecule has 0 heterocycles. The Labute approximate surface area is 210 Å². The third-order valence-corrected chi connectivity index (χ3v) is 6.11. The van der Waals surface area contributed by atoms with E-state index in [1.807, 2.05) is 24.3 Å². The minimum atomic E-state index is -0.403. The van der Waals surface area contributed by atoms with E-state index < -0.39 is 5.91 Å². The van der Waals surface area contributed by atoms with Crippen LogP contribution in [0.3, 0.4) is 0 Å². The number of rotatable bonds is 9. The van der Waals surface area contributed by atoms with E-state index in [0.717, 1.165) is 37.0 Å². The van der Waals surface area contributed by atoms with E-state index in [1.165, 1.54) is 34.7 Å². The van der Waals surface area contributed by atoms with E-state index in [2.05, 4.69) is 64.8 Å². The number of hydrazone groups is 1. The van der Waals surface area contributed by atoms with Crippen molar-refractivity contribution in [3.05, 3.63) is 112 Å². The van der Waals surface area contributed by atoms with Gasteiger partial charge in [0.25, 0.3) is 5.91 Å². The molecular weight excluding hydrogens is 458 g/mol. The minimum Gasteiger partial charge on any atom is -0.506 e. The number of phenols is 1. The number of phenolic OH excluding ortho intramolecular Hbond substituents is 1. The number of aromatic hydroxyl groups is 1. The van der Waals surface area contributed by atoms with Gasteiger partial charge in [-0.25, -0.2) is 5.43 Å². The van der Waals surface area contributed by atoms with Gasteiger partial charge >= 0.3 is 0 Å². The monoisotopic (exact) mass is 485 g/mol. The van der Waals surface area contributed by atoms with Gasteiger partial charge in [-0.05, 0) is 53.1 Å². The average molecular weight is 486 g/mol. The quantitative estimate of drug-likeness (QED) is 0.214. The number of hydrogen-bond acceptors (Lipinski definition) is 4. The number of carbonyl (C=O) groups is 1. The molecule has 0 aromatic heterocycles. The first-order valence-electron chi connectivity index (χ1n) is 11.6. The van der Waals surface area contributed by atoms with Crippen LogP contribution in [0.25, 0.3) is 10.8 Å². The van der Waals surface area contributed by atoms with Gasteiger partial charge in [0.05, 0.1) is 11.2 Å². The Morgan fingerprint density at radius 2 is 1.71 bits per heavy atom. The first kappa shape index (κ1) is 24.5. The van der Waals surface area contributed by atoms with Gasteiger partial charge < -0.3 is 5.11 Å². The summed E-state index contributed by atoms with van der Waals surface area (Å²) >= 11 is 5.90. The zero-order valence-corrected chi connectivity index (χ0v) is 20.4. The maximum atomic E-state index is 12.4. The van der Waals surface area contributed by atoms with Crippen molar-refractivity contribution in [2.45, 2.75) is 26.4 Å². The molecule has 0 saturated carbocycles. The second-order valence-electron chi connectivity index (χ2n) is 8.42. The van der Waals surface area contributed by atoms with E-state index in [-0.39, 0.29) is 10.8 Å². The SMILES string of the molecule is CCCN(Cc1ccccc1)Cc1ccc(/C=N/NC(=O)c2ccc(O)c(Cl)c2)c2ccccc12. The van der Waals surface area contributed by atoms with Crippen LogP contribution in [0, 0.1) is 0 Å². The molecule has 35 heavy (non-hydrogen) atoms. The van der Waals surface area contributed by atoms with Crippen LogP contribution in [-0.4, -0.2) is 28.7 Å². The lowest BCUT2D eigenvalue weighted by molar-refractivity contribution is 0.0955. The maximum Gasteiger partial charge on any atom is 0.271 e. The van der Waals surface area contributed by atoms with Gasteiger partial charge in [-0.1, -0.05) is 85.3 Å². The topological polar surface area (TPSA) is 64.9 Å². The molecule has 2 N–H and O–H groups in total. The Morgan fingerprint density at radius 3 is 2.46 bits per heavy atom. The summed E-state index contributed by atoms with van der Waals surface area (Å²) in [4.78, 5) is 14.8. The van der Waals surface area contributed by atoms with Crippen molar-refractivity contribution in [3.63, 3.8) is 0 Å². The third kappa shape index (κ3) is 6.27. The molecule has 0 saturated heterocycles. The number of nitrogens with one attached hydrogen (secondary N) is 1. The molecule has 1 amide bonds. The summed E-state index contributed by atoms with van der Waals surface area (Å²) < 4.78 is 0. The number of nitrogens with zero attached hydrogens (tertiary/aromatic N) is 2. The van der Waals surface area contributed by atoms with Crippen LogP contribution in [0.4, 0.5) is 0 Å². The summed E-state index contributed by atoms with van der Waals surface area (Å²) in [6.07, 6.45) is 2.74. The first-order chi connectivity index (χ1) is 17.0. The van der Waals surface area contributed by atoms with Gasteiger partial charge in [-0.3, -0.25) is 9.69 Å². The van der Waals surface area contributed by atoms with Gasteiger partial charge in [-0.2, -0.15) is 5.10 Å². The van der Waals surface area contributed by atoms with Crippen LogP contribution >= 0.6 is 11.6 Å². The molecule has 0 bridgehead atoms. The molecule has 4 aromatic rings. The molecule has 0 aliphatic heterocycles. The Balaban J connectivity index is 1.53. The molecule has 0 atom stereocenters.